The van der Waals surface area contributed by atoms with Gasteiger partial charge in [-0.25, -0.2) is 4.39 Å². The molecule has 0 spiro atoms. The van der Waals surface area contributed by atoms with Crippen molar-refractivity contribution in [2.24, 2.45) is 11.8 Å². The third-order valence-electron chi connectivity index (χ3n) is 5.16. The zero-order chi connectivity index (χ0) is 17.1. The maximum Gasteiger partial charge on any atom is 0.223 e. The average Bonchev–Trinajstić information content (AvgIpc) is 2.54. The predicted octanol–water partition coefficient (Wildman–Crippen LogP) is 2.09. The zero-order valence-electron chi connectivity index (χ0n) is 14.0. The number of halogens is 1. The summed E-state index contributed by atoms with van der Waals surface area (Å²) in [4.78, 5) is 27.3. The van der Waals surface area contributed by atoms with Crippen LogP contribution in [0.3, 0.4) is 0 Å². The summed E-state index contributed by atoms with van der Waals surface area (Å²) in [6.45, 7) is 1.46. The molecule has 24 heavy (non-hydrogen) atoms. The smallest absolute Gasteiger partial charge is 0.223 e. The van der Waals surface area contributed by atoms with E-state index in [0.29, 0.717) is 18.4 Å². The number of rotatable bonds is 4. The van der Waals surface area contributed by atoms with Gasteiger partial charge in [0.2, 0.25) is 11.8 Å². The Morgan fingerprint density at radius 2 is 2.21 bits per heavy atom. The lowest BCUT2D eigenvalue weighted by molar-refractivity contribution is -0.130. The summed E-state index contributed by atoms with van der Waals surface area (Å²) in [5, 5.41) is 5.68. The van der Waals surface area contributed by atoms with Gasteiger partial charge >= 0.3 is 0 Å². The second-order valence-electron chi connectivity index (χ2n) is 6.98. The van der Waals surface area contributed by atoms with E-state index in [0.717, 1.165) is 18.4 Å². The highest BCUT2D eigenvalue weighted by Gasteiger charge is 2.36. The summed E-state index contributed by atoms with van der Waals surface area (Å²) in [5.74, 6) is -0.125. The normalized spacial score (nSPS) is 26.4. The molecule has 1 aromatic heterocycles. The van der Waals surface area contributed by atoms with Crippen LogP contribution in [-0.2, 0) is 22.6 Å². The van der Waals surface area contributed by atoms with Crippen LogP contribution in [0, 0.1) is 17.7 Å². The predicted molar refractivity (Wildman–Crippen MR) is 87.4 cm³/mol. The average molecular weight is 333 g/mol. The van der Waals surface area contributed by atoms with E-state index in [4.69, 9.17) is 0 Å². The minimum atomic E-state index is -0.437. The standard InChI is InChI=1S/C18H24FN3O2/c1-11(23)20-10-17-15(19)7-12(9-21-17)6-14-8-13-4-2-3-5-16(13)22-18(14)24/h7,9,13-14,16H,2-6,8,10H2,1H3,(H,20,23)(H,22,24). The second kappa shape index (κ2) is 7.28. The van der Waals surface area contributed by atoms with Crippen molar-refractivity contribution in [3.63, 3.8) is 0 Å². The number of aromatic nitrogens is 1. The van der Waals surface area contributed by atoms with Crippen molar-refractivity contribution < 1.29 is 14.0 Å². The highest BCUT2D eigenvalue weighted by atomic mass is 19.1. The number of amides is 2. The van der Waals surface area contributed by atoms with Crippen LogP contribution >= 0.6 is 0 Å². The van der Waals surface area contributed by atoms with E-state index in [1.54, 1.807) is 6.20 Å². The Morgan fingerprint density at radius 1 is 1.42 bits per heavy atom. The Bertz CT molecular complexity index is 635. The van der Waals surface area contributed by atoms with E-state index in [1.807, 2.05) is 0 Å². The molecular formula is C18H24FN3O2. The first-order valence-corrected chi connectivity index (χ1v) is 8.71. The van der Waals surface area contributed by atoms with Crippen LogP contribution in [0.1, 0.15) is 50.3 Å². The Kier molecular flexibility index (Phi) is 5.11. The first-order chi connectivity index (χ1) is 11.5. The molecule has 130 valence electrons. The number of piperidine rings is 1. The first-order valence-electron chi connectivity index (χ1n) is 8.71. The molecule has 1 aliphatic heterocycles. The lowest BCUT2D eigenvalue weighted by Gasteiger charge is -2.39. The Hall–Kier alpha value is -1.98. The number of carbonyl (C=O) groups excluding carboxylic acids is 2. The second-order valence-corrected chi connectivity index (χ2v) is 6.98. The topological polar surface area (TPSA) is 71.1 Å². The number of pyridine rings is 1. The van der Waals surface area contributed by atoms with Crippen molar-refractivity contribution >= 4 is 11.8 Å². The lowest BCUT2D eigenvalue weighted by atomic mass is 9.74. The van der Waals surface area contributed by atoms with Crippen LogP contribution in [0.4, 0.5) is 4.39 Å². The molecule has 6 heteroatoms. The van der Waals surface area contributed by atoms with Gasteiger partial charge < -0.3 is 10.6 Å². The van der Waals surface area contributed by atoms with Crippen molar-refractivity contribution in [1.82, 2.24) is 15.6 Å². The van der Waals surface area contributed by atoms with E-state index < -0.39 is 5.82 Å². The molecule has 0 bridgehead atoms. The largest absolute Gasteiger partial charge is 0.353 e. The fourth-order valence-electron chi connectivity index (χ4n) is 3.87. The summed E-state index contributed by atoms with van der Waals surface area (Å²) in [5.41, 5.74) is 0.947. The Morgan fingerprint density at radius 3 is 2.96 bits per heavy atom. The summed E-state index contributed by atoms with van der Waals surface area (Å²) >= 11 is 0. The minimum Gasteiger partial charge on any atom is -0.353 e. The molecule has 1 aliphatic carbocycles. The maximum absolute atomic E-state index is 14.1. The van der Waals surface area contributed by atoms with Gasteiger partial charge in [-0.1, -0.05) is 12.8 Å². The number of hydrogen-bond acceptors (Lipinski definition) is 3. The molecule has 0 radical (unpaired) electrons. The van der Waals surface area contributed by atoms with Crippen molar-refractivity contribution in [2.45, 2.75) is 58.0 Å². The minimum absolute atomic E-state index is 0.0785. The van der Waals surface area contributed by atoms with Gasteiger partial charge in [0.25, 0.3) is 0 Å². The fourth-order valence-corrected chi connectivity index (χ4v) is 3.87. The molecule has 3 unspecified atom stereocenters. The number of nitrogens with zero attached hydrogens (tertiary/aromatic N) is 1. The molecule has 2 amide bonds. The Labute approximate surface area is 141 Å². The third kappa shape index (κ3) is 3.91. The molecule has 1 saturated carbocycles. The van der Waals surface area contributed by atoms with Crippen LogP contribution in [-0.4, -0.2) is 22.8 Å². The SMILES string of the molecule is CC(=O)NCc1ncc(CC2CC3CCCCC3NC2=O)cc1F. The van der Waals surface area contributed by atoms with Crippen LogP contribution in [0.15, 0.2) is 12.3 Å². The Balaban J connectivity index is 1.63. The zero-order valence-corrected chi connectivity index (χ0v) is 14.0. The van der Waals surface area contributed by atoms with Gasteiger partial charge in [0.05, 0.1) is 12.2 Å². The maximum atomic E-state index is 14.1. The van der Waals surface area contributed by atoms with Crippen molar-refractivity contribution in [3.05, 3.63) is 29.3 Å². The highest BCUT2D eigenvalue weighted by molar-refractivity contribution is 5.80. The molecule has 1 aromatic rings. The van der Waals surface area contributed by atoms with Gasteiger partial charge in [-0.05, 0) is 43.2 Å². The molecule has 2 heterocycles. The number of fused-ring (bicyclic) bond motifs is 1. The molecule has 2 aliphatic rings. The van der Waals surface area contributed by atoms with Crippen LogP contribution in [0.5, 0.6) is 0 Å². The molecule has 5 nitrogen and oxygen atoms in total. The number of hydrogen-bond donors (Lipinski definition) is 2. The van der Waals surface area contributed by atoms with Crippen LogP contribution < -0.4 is 10.6 Å². The van der Waals surface area contributed by atoms with Gasteiger partial charge in [-0.15, -0.1) is 0 Å². The summed E-state index contributed by atoms with van der Waals surface area (Å²) < 4.78 is 14.1. The van der Waals surface area contributed by atoms with E-state index in [2.05, 4.69) is 15.6 Å². The summed E-state index contributed by atoms with van der Waals surface area (Å²) in [6.07, 6.45) is 7.68. The van der Waals surface area contributed by atoms with Gasteiger partial charge in [0, 0.05) is 25.1 Å². The molecule has 3 rings (SSSR count). The van der Waals surface area contributed by atoms with Gasteiger partial charge in [-0.3, -0.25) is 14.6 Å². The van der Waals surface area contributed by atoms with Crippen molar-refractivity contribution in [2.75, 3.05) is 0 Å². The van der Waals surface area contributed by atoms with E-state index in [9.17, 15) is 14.0 Å². The molecule has 2 fully saturated rings. The highest BCUT2D eigenvalue weighted by Crippen LogP contribution is 2.34. The van der Waals surface area contributed by atoms with Gasteiger partial charge in [0.15, 0.2) is 0 Å². The number of nitrogens with one attached hydrogen (secondary N) is 2. The molecular weight excluding hydrogens is 309 g/mol. The summed E-state index contributed by atoms with van der Waals surface area (Å²) in [6, 6.07) is 1.77. The number of carbonyl (C=O) groups is 2. The van der Waals surface area contributed by atoms with Crippen LogP contribution in [0.2, 0.25) is 0 Å². The van der Waals surface area contributed by atoms with E-state index in [-0.39, 0.29) is 30.0 Å². The van der Waals surface area contributed by atoms with Crippen LogP contribution in [0.25, 0.3) is 0 Å². The van der Waals surface area contributed by atoms with Gasteiger partial charge in [-0.2, -0.15) is 0 Å². The molecule has 0 aromatic carbocycles. The third-order valence-corrected chi connectivity index (χ3v) is 5.16. The summed E-state index contributed by atoms with van der Waals surface area (Å²) in [7, 11) is 0. The fraction of sp³-hybridized carbons (Fsp3) is 0.611. The first kappa shape index (κ1) is 16.9. The lowest BCUT2D eigenvalue weighted by Crippen LogP contribution is -2.51. The quantitative estimate of drug-likeness (QED) is 0.886. The van der Waals surface area contributed by atoms with Gasteiger partial charge in [0.1, 0.15) is 5.82 Å². The molecule has 2 N–H and O–H groups in total. The monoisotopic (exact) mass is 333 g/mol. The van der Waals surface area contributed by atoms with Crippen molar-refractivity contribution in [1.29, 1.82) is 0 Å². The molecule has 3 atom stereocenters. The van der Waals surface area contributed by atoms with E-state index >= 15 is 0 Å². The van der Waals surface area contributed by atoms with E-state index in [1.165, 1.54) is 32.3 Å². The van der Waals surface area contributed by atoms with Crippen molar-refractivity contribution in [3.8, 4) is 0 Å². The molecule has 1 saturated heterocycles.